The van der Waals surface area contributed by atoms with Crippen LogP contribution in [0.25, 0.3) is 0 Å². The molecule has 0 saturated carbocycles. The topological polar surface area (TPSA) is 90.7 Å². The molecule has 0 aliphatic carbocycles. The van der Waals surface area contributed by atoms with Crippen LogP contribution in [0.4, 0.5) is 17.3 Å². The molecule has 0 saturated heterocycles. The summed E-state index contributed by atoms with van der Waals surface area (Å²) >= 11 is 0. The van der Waals surface area contributed by atoms with E-state index in [0.717, 1.165) is 22.5 Å². The maximum Gasteiger partial charge on any atom is 0.274 e. The van der Waals surface area contributed by atoms with Gasteiger partial charge >= 0.3 is 0 Å². The number of hydrogen-bond donors (Lipinski definition) is 2. The van der Waals surface area contributed by atoms with E-state index in [1.54, 1.807) is 30.3 Å². The van der Waals surface area contributed by atoms with Crippen molar-refractivity contribution in [1.82, 2.24) is 9.97 Å². The molecule has 3 rings (SSSR count). The maximum absolute atomic E-state index is 12.5. The third kappa shape index (κ3) is 4.02. The smallest absolute Gasteiger partial charge is 0.274 e. The average Bonchev–Trinajstić information content (AvgIpc) is 2.65. The highest BCUT2D eigenvalue weighted by Gasteiger charge is 2.11. The van der Waals surface area contributed by atoms with E-state index in [9.17, 15) is 4.79 Å². The molecule has 26 heavy (non-hydrogen) atoms. The van der Waals surface area contributed by atoms with E-state index in [1.165, 1.54) is 6.20 Å². The Balaban J connectivity index is 1.75. The molecule has 0 radical (unpaired) electrons. The number of carbonyl (C=O) groups is 1. The Morgan fingerprint density at radius 3 is 2.54 bits per heavy atom. The van der Waals surface area contributed by atoms with Crippen LogP contribution in [0.3, 0.4) is 0 Å². The Morgan fingerprint density at radius 1 is 1.08 bits per heavy atom. The predicted octanol–water partition coefficient (Wildman–Crippen LogP) is 3.96. The lowest BCUT2D eigenvalue weighted by Crippen LogP contribution is -2.15. The number of aromatic nitrogens is 2. The molecule has 6 nitrogen and oxygen atoms in total. The number of carbonyl (C=O) groups excluding carboxylic acids is 1. The van der Waals surface area contributed by atoms with Crippen molar-refractivity contribution in [2.24, 2.45) is 0 Å². The second kappa shape index (κ2) is 7.45. The summed E-state index contributed by atoms with van der Waals surface area (Å²) in [7, 11) is 0. The first kappa shape index (κ1) is 17.1. The number of anilines is 3. The van der Waals surface area contributed by atoms with Crippen LogP contribution in [0, 0.1) is 25.2 Å². The molecule has 1 heterocycles. The van der Waals surface area contributed by atoms with Crippen LogP contribution in [-0.4, -0.2) is 15.9 Å². The Morgan fingerprint density at radius 2 is 1.85 bits per heavy atom. The zero-order valence-electron chi connectivity index (χ0n) is 14.4. The van der Waals surface area contributed by atoms with E-state index < -0.39 is 0 Å². The first-order chi connectivity index (χ1) is 12.5. The van der Waals surface area contributed by atoms with Gasteiger partial charge in [-0.1, -0.05) is 17.7 Å². The highest BCUT2D eigenvalue weighted by Crippen LogP contribution is 2.18. The minimum atomic E-state index is -0.303. The summed E-state index contributed by atoms with van der Waals surface area (Å²) < 4.78 is 0. The van der Waals surface area contributed by atoms with Crippen LogP contribution in [-0.2, 0) is 0 Å². The van der Waals surface area contributed by atoms with Crippen molar-refractivity contribution < 1.29 is 4.79 Å². The number of nitrogens with one attached hydrogen (secondary N) is 2. The lowest BCUT2D eigenvalue weighted by molar-refractivity contribution is 0.102. The highest BCUT2D eigenvalue weighted by atomic mass is 16.1. The van der Waals surface area contributed by atoms with Gasteiger partial charge in [-0.15, -0.1) is 0 Å². The summed E-state index contributed by atoms with van der Waals surface area (Å²) in [5.41, 5.74) is 4.44. The third-order valence-electron chi connectivity index (χ3n) is 3.79. The molecule has 0 aliphatic heterocycles. The van der Waals surface area contributed by atoms with E-state index in [2.05, 4.69) is 26.7 Å². The van der Waals surface area contributed by atoms with E-state index >= 15 is 0 Å². The van der Waals surface area contributed by atoms with Crippen LogP contribution in [0.2, 0.25) is 0 Å². The monoisotopic (exact) mass is 343 g/mol. The molecule has 2 aromatic carbocycles. The molecule has 128 valence electrons. The van der Waals surface area contributed by atoms with Gasteiger partial charge in [-0.2, -0.15) is 5.26 Å². The highest BCUT2D eigenvalue weighted by molar-refractivity contribution is 6.03. The normalized spacial score (nSPS) is 10.0. The fourth-order valence-electron chi connectivity index (χ4n) is 2.44. The van der Waals surface area contributed by atoms with Gasteiger partial charge in [0.05, 0.1) is 11.6 Å². The number of amides is 1. The Bertz CT molecular complexity index is 990. The summed E-state index contributed by atoms with van der Waals surface area (Å²) in [4.78, 5) is 20.9. The van der Waals surface area contributed by atoms with Gasteiger partial charge in [0.25, 0.3) is 5.91 Å². The van der Waals surface area contributed by atoms with Crippen molar-refractivity contribution in [3.8, 4) is 6.07 Å². The molecular weight excluding hydrogens is 326 g/mol. The van der Waals surface area contributed by atoms with Gasteiger partial charge < -0.3 is 10.6 Å². The van der Waals surface area contributed by atoms with E-state index in [1.807, 2.05) is 32.0 Å². The second-order valence-electron chi connectivity index (χ2n) is 5.85. The van der Waals surface area contributed by atoms with Gasteiger partial charge in [0.15, 0.2) is 0 Å². The SMILES string of the molecule is Cc1ccc(NC(=O)c2ccnc(Nc3ccc(C#N)cc3)n2)c(C)c1. The fraction of sp³-hybridized carbons (Fsp3) is 0.100. The summed E-state index contributed by atoms with van der Waals surface area (Å²) in [6.07, 6.45) is 1.52. The number of aryl methyl sites for hydroxylation is 2. The molecule has 1 amide bonds. The van der Waals surface area contributed by atoms with Gasteiger partial charge in [0.2, 0.25) is 5.95 Å². The van der Waals surface area contributed by atoms with E-state index in [4.69, 9.17) is 5.26 Å². The number of benzene rings is 2. The van der Waals surface area contributed by atoms with Crippen molar-refractivity contribution >= 4 is 23.2 Å². The standard InChI is InChI=1S/C20H17N5O/c1-13-3-8-17(14(2)11-13)24-19(26)18-9-10-22-20(25-18)23-16-6-4-15(12-21)5-7-16/h3-11H,1-2H3,(H,24,26)(H,22,23,25). The number of nitriles is 1. The molecule has 0 unspecified atom stereocenters. The molecule has 0 spiro atoms. The van der Waals surface area contributed by atoms with Crippen LogP contribution < -0.4 is 10.6 Å². The first-order valence-electron chi connectivity index (χ1n) is 8.04. The Labute approximate surface area is 151 Å². The van der Waals surface area contributed by atoms with Gasteiger partial charge in [-0.05, 0) is 55.8 Å². The van der Waals surface area contributed by atoms with Crippen LogP contribution >= 0.6 is 0 Å². The van der Waals surface area contributed by atoms with Crippen LogP contribution in [0.15, 0.2) is 54.7 Å². The predicted molar refractivity (Wildman–Crippen MR) is 100 cm³/mol. The van der Waals surface area contributed by atoms with Gasteiger partial charge in [-0.3, -0.25) is 4.79 Å². The second-order valence-corrected chi connectivity index (χ2v) is 5.85. The number of hydrogen-bond acceptors (Lipinski definition) is 5. The van der Waals surface area contributed by atoms with Gasteiger partial charge in [-0.25, -0.2) is 9.97 Å². The fourth-order valence-corrected chi connectivity index (χ4v) is 2.44. The Kier molecular flexibility index (Phi) is 4.90. The third-order valence-corrected chi connectivity index (χ3v) is 3.79. The maximum atomic E-state index is 12.5. The zero-order chi connectivity index (χ0) is 18.5. The van der Waals surface area contributed by atoms with Crippen molar-refractivity contribution in [3.05, 3.63) is 77.1 Å². The lowest BCUT2D eigenvalue weighted by atomic mass is 10.1. The minimum Gasteiger partial charge on any atom is -0.324 e. The molecule has 0 bridgehead atoms. The zero-order valence-corrected chi connectivity index (χ0v) is 14.4. The first-order valence-corrected chi connectivity index (χ1v) is 8.04. The van der Waals surface area contributed by atoms with Crippen molar-refractivity contribution in [3.63, 3.8) is 0 Å². The van der Waals surface area contributed by atoms with Crippen molar-refractivity contribution in [2.75, 3.05) is 10.6 Å². The quantitative estimate of drug-likeness (QED) is 0.748. The largest absolute Gasteiger partial charge is 0.324 e. The molecule has 3 aromatic rings. The van der Waals surface area contributed by atoms with Crippen molar-refractivity contribution in [2.45, 2.75) is 13.8 Å². The van der Waals surface area contributed by atoms with Gasteiger partial charge in [0, 0.05) is 17.6 Å². The summed E-state index contributed by atoms with van der Waals surface area (Å²) in [6.45, 7) is 3.95. The van der Waals surface area contributed by atoms with E-state index in [0.29, 0.717) is 11.5 Å². The van der Waals surface area contributed by atoms with E-state index in [-0.39, 0.29) is 11.6 Å². The number of rotatable bonds is 4. The molecular formula is C20H17N5O. The number of nitrogens with zero attached hydrogens (tertiary/aromatic N) is 3. The molecule has 0 atom stereocenters. The Hall–Kier alpha value is -3.72. The molecule has 1 aromatic heterocycles. The minimum absolute atomic E-state index is 0.260. The summed E-state index contributed by atoms with van der Waals surface area (Å²) in [5.74, 6) is 0.00483. The molecule has 2 N–H and O–H groups in total. The average molecular weight is 343 g/mol. The van der Waals surface area contributed by atoms with Gasteiger partial charge in [0.1, 0.15) is 5.69 Å². The molecule has 0 aliphatic rings. The van der Waals surface area contributed by atoms with Crippen LogP contribution in [0.1, 0.15) is 27.2 Å². The molecule has 0 fully saturated rings. The summed E-state index contributed by atoms with van der Waals surface area (Å²) in [6, 6.07) is 16.3. The lowest BCUT2D eigenvalue weighted by Gasteiger charge is -2.10. The summed E-state index contributed by atoms with van der Waals surface area (Å²) in [5, 5.41) is 14.7. The van der Waals surface area contributed by atoms with Crippen LogP contribution in [0.5, 0.6) is 0 Å². The molecule has 6 heteroatoms. The van der Waals surface area contributed by atoms with Crippen molar-refractivity contribution in [1.29, 1.82) is 5.26 Å².